The SMILES string of the molecule is CN1[C@@H]2CCC[C@H]1CC(N1C(=O)c3cccc4c(N)c(Br)cc(c34)C1=O)C2. The monoisotopic (exact) mass is 427 g/mol. The van der Waals surface area contributed by atoms with E-state index in [0.29, 0.717) is 38.8 Å². The van der Waals surface area contributed by atoms with Gasteiger partial charge in [-0.15, -0.1) is 0 Å². The number of amides is 2. The number of halogens is 1. The van der Waals surface area contributed by atoms with Gasteiger partial charge in [-0.25, -0.2) is 0 Å². The molecule has 0 spiro atoms. The summed E-state index contributed by atoms with van der Waals surface area (Å²) >= 11 is 3.48. The third-order valence-electron chi connectivity index (χ3n) is 6.73. The third kappa shape index (κ3) is 2.39. The van der Waals surface area contributed by atoms with E-state index in [1.807, 2.05) is 18.2 Å². The lowest BCUT2D eigenvalue weighted by Gasteiger charge is -2.49. The van der Waals surface area contributed by atoms with Crippen LogP contribution in [-0.4, -0.2) is 46.8 Å². The molecule has 0 aliphatic carbocycles. The van der Waals surface area contributed by atoms with Gasteiger partial charge in [-0.3, -0.25) is 14.5 Å². The van der Waals surface area contributed by atoms with E-state index in [-0.39, 0.29) is 17.9 Å². The molecule has 0 radical (unpaired) electrons. The Morgan fingerprint density at radius 3 is 2.41 bits per heavy atom. The Hall–Kier alpha value is -1.92. The number of benzene rings is 2. The van der Waals surface area contributed by atoms with Gasteiger partial charge in [0.05, 0.1) is 5.69 Å². The zero-order chi connectivity index (χ0) is 18.9. The first-order valence-corrected chi connectivity index (χ1v) is 10.4. The Morgan fingerprint density at radius 1 is 1.04 bits per heavy atom. The zero-order valence-corrected chi connectivity index (χ0v) is 16.8. The second kappa shape index (κ2) is 6.04. The lowest BCUT2D eigenvalue weighted by atomic mass is 9.80. The van der Waals surface area contributed by atoms with Gasteiger partial charge >= 0.3 is 0 Å². The van der Waals surface area contributed by atoms with Crippen LogP contribution in [0.3, 0.4) is 0 Å². The van der Waals surface area contributed by atoms with E-state index in [1.54, 1.807) is 6.07 Å². The minimum Gasteiger partial charge on any atom is -0.397 e. The number of fused-ring (bicyclic) bond motifs is 2. The van der Waals surface area contributed by atoms with Gasteiger partial charge in [0, 0.05) is 44.5 Å². The lowest BCUT2D eigenvalue weighted by molar-refractivity contribution is 0.0108. The maximum absolute atomic E-state index is 13.4. The van der Waals surface area contributed by atoms with E-state index in [9.17, 15) is 9.59 Å². The Labute approximate surface area is 166 Å². The molecule has 140 valence electrons. The van der Waals surface area contributed by atoms with Crippen molar-refractivity contribution in [2.24, 2.45) is 0 Å². The van der Waals surface area contributed by atoms with E-state index in [0.717, 1.165) is 31.1 Å². The van der Waals surface area contributed by atoms with Crippen LogP contribution in [0.15, 0.2) is 28.7 Å². The maximum Gasteiger partial charge on any atom is 0.261 e. The molecule has 27 heavy (non-hydrogen) atoms. The second-order valence-electron chi connectivity index (χ2n) is 8.06. The number of nitrogens with zero attached hydrogens (tertiary/aromatic N) is 2. The number of hydrogen-bond donors (Lipinski definition) is 1. The van der Waals surface area contributed by atoms with Crippen molar-refractivity contribution in [2.75, 3.05) is 12.8 Å². The molecule has 0 aromatic heterocycles. The summed E-state index contributed by atoms with van der Waals surface area (Å²) in [6, 6.07) is 8.20. The van der Waals surface area contributed by atoms with Crippen LogP contribution in [0.5, 0.6) is 0 Å². The zero-order valence-electron chi connectivity index (χ0n) is 15.2. The molecule has 5 nitrogen and oxygen atoms in total. The molecular formula is C21H22BrN3O2. The summed E-state index contributed by atoms with van der Waals surface area (Å²) in [6.07, 6.45) is 5.27. The first kappa shape index (κ1) is 17.2. The van der Waals surface area contributed by atoms with E-state index in [4.69, 9.17) is 5.73 Å². The van der Waals surface area contributed by atoms with Gasteiger partial charge in [0.25, 0.3) is 11.8 Å². The van der Waals surface area contributed by atoms with Crippen molar-refractivity contribution in [3.8, 4) is 0 Å². The van der Waals surface area contributed by atoms with E-state index in [2.05, 4.69) is 27.9 Å². The molecule has 2 aromatic rings. The molecule has 3 aliphatic rings. The second-order valence-corrected chi connectivity index (χ2v) is 8.91. The molecular weight excluding hydrogens is 406 g/mol. The average Bonchev–Trinajstić information content (AvgIpc) is 2.64. The van der Waals surface area contributed by atoms with Gasteiger partial charge < -0.3 is 10.6 Å². The molecule has 1 unspecified atom stereocenters. The molecule has 0 saturated carbocycles. The van der Waals surface area contributed by atoms with Crippen LogP contribution in [0.1, 0.15) is 52.8 Å². The summed E-state index contributed by atoms with van der Waals surface area (Å²) < 4.78 is 0.699. The summed E-state index contributed by atoms with van der Waals surface area (Å²) in [4.78, 5) is 30.7. The van der Waals surface area contributed by atoms with Crippen molar-refractivity contribution in [1.82, 2.24) is 9.80 Å². The highest BCUT2D eigenvalue weighted by Crippen LogP contribution is 2.41. The molecule has 3 heterocycles. The first-order chi connectivity index (χ1) is 13.0. The summed E-state index contributed by atoms with van der Waals surface area (Å²) in [5, 5.41) is 1.45. The smallest absolute Gasteiger partial charge is 0.261 e. The molecule has 5 rings (SSSR count). The molecule has 3 atom stereocenters. The summed E-state index contributed by atoms with van der Waals surface area (Å²) in [5.74, 6) is -0.357. The quantitative estimate of drug-likeness (QED) is 0.555. The number of nitrogen functional groups attached to an aromatic ring is 1. The van der Waals surface area contributed by atoms with Gasteiger partial charge in [-0.05, 0) is 60.8 Å². The average molecular weight is 428 g/mol. The van der Waals surface area contributed by atoms with Gasteiger partial charge in [-0.2, -0.15) is 0 Å². The molecule has 6 heteroatoms. The number of hydrogen-bond acceptors (Lipinski definition) is 4. The largest absolute Gasteiger partial charge is 0.397 e. The fourth-order valence-corrected chi connectivity index (χ4v) is 5.74. The standard InChI is InChI=1S/C21H22BrN3O2/c1-24-11-4-2-5-12(24)9-13(8-11)25-20(26)15-7-3-6-14-18(15)16(21(25)27)10-17(22)19(14)23/h3,6-7,10-13H,2,4-5,8-9,23H2,1H3/t11-,12+,13?. The predicted octanol–water partition coefficient (Wildman–Crippen LogP) is 3.80. The predicted molar refractivity (Wildman–Crippen MR) is 109 cm³/mol. The topological polar surface area (TPSA) is 66.6 Å². The van der Waals surface area contributed by atoms with Crippen LogP contribution < -0.4 is 5.73 Å². The van der Waals surface area contributed by atoms with Crippen LogP contribution in [0.4, 0.5) is 5.69 Å². The van der Waals surface area contributed by atoms with Crippen molar-refractivity contribution >= 4 is 44.2 Å². The van der Waals surface area contributed by atoms with Crippen molar-refractivity contribution in [3.63, 3.8) is 0 Å². The number of rotatable bonds is 1. The molecule has 3 aliphatic heterocycles. The van der Waals surface area contributed by atoms with Gasteiger partial charge in [0.15, 0.2) is 0 Å². The van der Waals surface area contributed by atoms with Crippen LogP contribution in [0.2, 0.25) is 0 Å². The molecule has 2 amide bonds. The van der Waals surface area contributed by atoms with Crippen LogP contribution in [-0.2, 0) is 0 Å². The summed E-state index contributed by atoms with van der Waals surface area (Å²) in [7, 11) is 2.18. The first-order valence-electron chi connectivity index (χ1n) is 9.58. The number of carbonyl (C=O) groups is 2. The van der Waals surface area contributed by atoms with E-state index >= 15 is 0 Å². The molecule has 2 saturated heterocycles. The van der Waals surface area contributed by atoms with Crippen molar-refractivity contribution < 1.29 is 9.59 Å². The number of piperidine rings is 2. The minimum absolute atomic E-state index is 0.0313. The summed E-state index contributed by atoms with van der Waals surface area (Å²) in [5.41, 5.74) is 7.92. The number of anilines is 1. The maximum atomic E-state index is 13.4. The Morgan fingerprint density at radius 2 is 1.70 bits per heavy atom. The van der Waals surface area contributed by atoms with Gasteiger partial charge in [0.1, 0.15) is 0 Å². The van der Waals surface area contributed by atoms with Crippen LogP contribution in [0.25, 0.3) is 10.8 Å². The summed E-state index contributed by atoms with van der Waals surface area (Å²) in [6.45, 7) is 0. The van der Waals surface area contributed by atoms with Gasteiger partial charge in [-0.1, -0.05) is 18.6 Å². The van der Waals surface area contributed by atoms with Crippen LogP contribution in [0, 0.1) is 0 Å². The highest BCUT2D eigenvalue weighted by Gasteiger charge is 2.44. The van der Waals surface area contributed by atoms with Crippen LogP contribution >= 0.6 is 15.9 Å². The third-order valence-corrected chi connectivity index (χ3v) is 7.39. The Balaban J connectivity index is 1.62. The number of imide groups is 1. The Kier molecular flexibility index (Phi) is 3.85. The molecule has 2 fully saturated rings. The highest BCUT2D eigenvalue weighted by molar-refractivity contribution is 9.10. The van der Waals surface area contributed by atoms with E-state index < -0.39 is 0 Å². The number of nitrogens with two attached hydrogens (primary N) is 1. The van der Waals surface area contributed by atoms with Crippen molar-refractivity contribution in [3.05, 3.63) is 39.9 Å². The molecule has 2 aromatic carbocycles. The Bertz CT molecular complexity index is 975. The normalized spacial score (nSPS) is 28.1. The van der Waals surface area contributed by atoms with Gasteiger partial charge in [0.2, 0.25) is 0 Å². The van der Waals surface area contributed by atoms with Crippen molar-refractivity contribution in [1.29, 1.82) is 0 Å². The highest BCUT2D eigenvalue weighted by atomic mass is 79.9. The fourth-order valence-electron chi connectivity index (χ4n) is 5.30. The lowest BCUT2D eigenvalue weighted by Crippen LogP contribution is -2.58. The fraction of sp³-hybridized carbons (Fsp3) is 0.429. The minimum atomic E-state index is -0.183. The van der Waals surface area contributed by atoms with Crippen molar-refractivity contribution in [2.45, 2.75) is 50.2 Å². The number of carbonyl (C=O) groups excluding carboxylic acids is 2. The molecule has 2 bridgehead atoms. The van der Waals surface area contributed by atoms with E-state index in [1.165, 1.54) is 11.3 Å². The molecule has 2 N–H and O–H groups in total.